The molecule has 1 aromatic heterocycles. The molecule has 1 aromatic carbocycles. The first kappa shape index (κ1) is 15.6. The first-order chi connectivity index (χ1) is 10.5. The number of carbonyl (C=O) groups is 1. The summed E-state index contributed by atoms with van der Waals surface area (Å²) in [5.74, 6) is -6.83. The Labute approximate surface area is 123 Å². The Kier molecular flexibility index (Phi) is 4.82. The first-order valence-corrected chi connectivity index (χ1v) is 6.18. The van der Waals surface area contributed by atoms with Crippen molar-refractivity contribution in [1.82, 2.24) is 10.3 Å². The molecule has 0 radical (unpaired) electrons. The molecule has 0 saturated carbocycles. The van der Waals surface area contributed by atoms with E-state index in [-0.39, 0.29) is 13.2 Å². The number of phenols is 1. The van der Waals surface area contributed by atoms with Crippen molar-refractivity contribution in [2.45, 2.75) is 0 Å². The van der Waals surface area contributed by atoms with Crippen molar-refractivity contribution in [3.8, 4) is 11.5 Å². The SMILES string of the molecule is O=C(NCCOc1cccnc1)c1cc(F)c(F)c(O)c1F. The summed E-state index contributed by atoms with van der Waals surface area (Å²) in [4.78, 5) is 15.5. The molecule has 1 heterocycles. The van der Waals surface area contributed by atoms with Crippen molar-refractivity contribution in [2.75, 3.05) is 13.2 Å². The molecular weight excluding hydrogens is 301 g/mol. The van der Waals surface area contributed by atoms with Crippen molar-refractivity contribution < 1.29 is 27.8 Å². The molecule has 0 aliphatic heterocycles. The van der Waals surface area contributed by atoms with E-state index in [1.54, 1.807) is 18.3 Å². The van der Waals surface area contributed by atoms with Crippen molar-refractivity contribution in [2.24, 2.45) is 0 Å². The summed E-state index contributed by atoms with van der Waals surface area (Å²) in [5.41, 5.74) is -0.794. The van der Waals surface area contributed by atoms with Gasteiger partial charge in [-0.25, -0.2) is 8.78 Å². The normalized spacial score (nSPS) is 10.3. The molecule has 1 amide bonds. The fraction of sp³-hybridized carbons (Fsp3) is 0.143. The Morgan fingerprint density at radius 1 is 1.32 bits per heavy atom. The van der Waals surface area contributed by atoms with Crippen molar-refractivity contribution in [1.29, 1.82) is 0 Å². The Morgan fingerprint density at radius 2 is 2.09 bits per heavy atom. The summed E-state index contributed by atoms with van der Waals surface area (Å²) in [6, 6.07) is 3.69. The summed E-state index contributed by atoms with van der Waals surface area (Å²) >= 11 is 0. The van der Waals surface area contributed by atoms with Gasteiger partial charge in [-0.15, -0.1) is 0 Å². The number of halogens is 3. The first-order valence-electron chi connectivity index (χ1n) is 6.18. The molecule has 0 bridgehead atoms. The predicted molar refractivity (Wildman–Crippen MR) is 70.0 cm³/mol. The number of nitrogens with one attached hydrogen (secondary N) is 1. The molecule has 0 saturated heterocycles. The Hall–Kier alpha value is -2.77. The van der Waals surface area contributed by atoms with E-state index in [0.717, 1.165) is 0 Å². The third-order valence-electron chi connectivity index (χ3n) is 2.67. The van der Waals surface area contributed by atoms with Gasteiger partial charge in [0, 0.05) is 6.20 Å². The highest BCUT2D eigenvalue weighted by atomic mass is 19.2. The van der Waals surface area contributed by atoms with Crippen LogP contribution in [0.4, 0.5) is 13.2 Å². The fourth-order valence-electron chi connectivity index (χ4n) is 1.62. The van der Waals surface area contributed by atoms with Gasteiger partial charge in [0.25, 0.3) is 5.91 Å². The smallest absolute Gasteiger partial charge is 0.254 e. The van der Waals surface area contributed by atoms with E-state index in [2.05, 4.69) is 10.3 Å². The lowest BCUT2D eigenvalue weighted by atomic mass is 10.1. The number of carbonyl (C=O) groups excluding carboxylic acids is 1. The molecule has 2 rings (SSSR count). The lowest BCUT2D eigenvalue weighted by Crippen LogP contribution is -2.29. The number of benzene rings is 1. The largest absolute Gasteiger partial charge is 0.503 e. The minimum absolute atomic E-state index is 0.00702. The molecule has 0 atom stereocenters. The van der Waals surface area contributed by atoms with Crippen molar-refractivity contribution >= 4 is 5.91 Å². The number of aromatic nitrogens is 1. The van der Waals surface area contributed by atoms with Gasteiger partial charge in [0.15, 0.2) is 17.4 Å². The third-order valence-corrected chi connectivity index (χ3v) is 2.67. The lowest BCUT2D eigenvalue weighted by molar-refractivity contribution is 0.0941. The van der Waals surface area contributed by atoms with Crippen LogP contribution in [-0.2, 0) is 0 Å². The minimum atomic E-state index is -1.74. The van der Waals surface area contributed by atoms with Gasteiger partial charge in [0.2, 0.25) is 5.82 Å². The zero-order chi connectivity index (χ0) is 16.1. The third kappa shape index (κ3) is 3.46. The van der Waals surface area contributed by atoms with Gasteiger partial charge in [-0.05, 0) is 18.2 Å². The van der Waals surface area contributed by atoms with Gasteiger partial charge < -0.3 is 15.2 Å². The average Bonchev–Trinajstić information content (AvgIpc) is 2.53. The van der Waals surface area contributed by atoms with Crippen molar-refractivity contribution in [3.05, 3.63) is 53.6 Å². The topological polar surface area (TPSA) is 71.5 Å². The molecule has 2 N–H and O–H groups in total. The van der Waals surface area contributed by atoms with Gasteiger partial charge in [-0.3, -0.25) is 9.78 Å². The molecule has 2 aromatic rings. The van der Waals surface area contributed by atoms with Crippen LogP contribution in [-0.4, -0.2) is 29.1 Å². The monoisotopic (exact) mass is 312 g/mol. The number of hydrogen-bond acceptors (Lipinski definition) is 4. The summed E-state index contributed by atoms with van der Waals surface area (Å²) in [6.45, 7) is 0.0572. The van der Waals surface area contributed by atoms with Crippen LogP contribution >= 0.6 is 0 Å². The molecule has 5 nitrogen and oxygen atoms in total. The molecule has 0 aliphatic carbocycles. The number of ether oxygens (including phenoxy) is 1. The summed E-state index contributed by atoms with van der Waals surface area (Å²) in [5, 5.41) is 11.3. The summed E-state index contributed by atoms with van der Waals surface area (Å²) in [7, 11) is 0. The number of nitrogens with zero attached hydrogens (tertiary/aromatic N) is 1. The van der Waals surface area contributed by atoms with E-state index in [1.807, 2.05) is 0 Å². The predicted octanol–water partition coefficient (Wildman–Crippen LogP) is 2.01. The van der Waals surface area contributed by atoms with E-state index in [9.17, 15) is 18.0 Å². The quantitative estimate of drug-likeness (QED) is 0.654. The second-order valence-electron chi connectivity index (χ2n) is 4.18. The number of pyridine rings is 1. The van der Waals surface area contributed by atoms with Crippen LogP contribution in [0.2, 0.25) is 0 Å². The summed E-state index contributed by atoms with van der Waals surface area (Å²) < 4.78 is 44.7. The maximum Gasteiger partial charge on any atom is 0.254 e. The van der Waals surface area contributed by atoms with Gasteiger partial charge >= 0.3 is 0 Å². The average molecular weight is 312 g/mol. The van der Waals surface area contributed by atoms with Crippen LogP contribution in [0.1, 0.15) is 10.4 Å². The molecule has 0 spiro atoms. The van der Waals surface area contributed by atoms with Gasteiger partial charge in [-0.2, -0.15) is 4.39 Å². The molecule has 8 heteroatoms. The maximum atomic E-state index is 13.5. The second kappa shape index (κ2) is 6.79. The molecule has 22 heavy (non-hydrogen) atoms. The van der Waals surface area contributed by atoms with E-state index < -0.39 is 34.7 Å². The molecule has 0 fully saturated rings. The van der Waals surface area contributed by atoms with Crippen LogP contribution in [0.15, 0.2) is 30.6 Å². The zero-order valence-corrected chi connectivity index (χ0v) is 11.1. The number of amides is 1. The molecule has 0 unspecified atom stereocenters. The fourth-order valence-corrected chi connectivity index (χ4v) is 1.62. The highest BCUT2D eigenvalue weighted by Gasteiger charge is 2.22. The lowest BCUT2D eigenvalue weighted by Gasteiger charge is -2.09. The highest BCUT2D eigenvalue weighted by Crippen LogP contribution is 2.25. The summed E-state index contributed by atoms with van der Waals surface area (Å²) in [6.07, 6.45) is 3.03. The van der Waals surface area contributed by atoms with Gasteiger partial charge in [-0.1, -0.05) is 0 Å². The van der Waals surface area contributed by atoms with Crippen molar-refractivity contribution in [3.63, 3.8) is 0 Å². The molecular formula is C14H11F3N2O3. The van der Waals surface area contributed by atoms with Crippen LogP contribution < -0.4 is 10.1 Å². The van der Waals surface area contributed by atoms with Gasteiger partial charge in [0.1, 0.15) is 12.4 Å². The van der Waals surface area contributed by atoms with Crippen LogP contribution in [0.3, 0.4) is 0 Å². The minimum Gasteiger partial charge on any atom is -0.503 e. The van der Waals surface area contributed by atoms with E-state index in [1.165, 1.54) is 6.20 Å². The maximum absolute atomic E-state index is 13.5. The van der Waals surface area contributed by atoms with Crippen LogP contribution in [0.5, 0.6) is 11.5 Å². The second-order valence-corrected chi connectivity index (χ2v) is 4.18. The molecule has 0 aliphatic rings. The number of rotatable bonds is 5. The van der Waals surface area contributed by atoms with Crippen LogP contribution in [0, 0.1) is 17.5 Å². The standard InChI is InChI=1S/C14H11F3N2O3/c15-10-6-9(11(16)13(20)12(10)17)14(21)19-4-5-22-8-2-1-3-18-7-8/h1-3,6-7,20H,4-5H2,(H,19,21). The van der Waals surface area contributed by atoms with Gasteiger partial charge in [0.05, 0.1) is 18.3 Å². The Morgan fingerprint density at radius 3 is 2.77 bits per heavy atom. The molecule has 116 valence electrons. The Bertz CT molecular complexity index is 681. The van der Waals surface area contributed by atoms with Crippen LogP contribution in [0.25, 0.3) is 0 Å². The Balaban J connectivity index is 1.93. The van der Waals surface area contributed by atoms with E-state index in [0.29, 0.717) is 11.8 Å². The zero-order valence-electron chi connectivity index (χ0n) is 11.1. The van der Waals surface area contributed by atoms with E-state index >= 15 is 0 Å². The van der Waals surface area contributed by atoms with E-state index in [4.69, 9.17) is 9.84 Å². The number of hydrogen-bond donors (Lipinski definition) is 2. The number of aromatic hydroxyl groups is 1. The number of phenolic OH excluding ortho intramolecular Hbond substituents is 1. The highest BCUT2D eigenvalue weighted by molar-refractivity contribution is 5.94.